The SMILES string of the molecule is Cc1nc(C(=O)NC2CCCCC2O)nn1-c1ccccc1Cl. The molecule has 6 nitrogen and oxygen atoms in total. The molecule has 23 heavy (non-hydrogen) atoms. The molecule has 1 aromatic carbocycles. The van der Waals surface area contributed by atoms with E-state index in [2.05, 4.69) is 15.4 Å². The van der Waals surface area contributed by atoms with E-state index in [1.807, 2.05) is 18.2 Å². The third-order valence-corrected chi connectivity index (χ3v) is 4.42. The van der Waals surface area contributed by atoms with Crippen molar-refractivity contribution in [2.24, 2.45) is 0 Å². The van der Waals surface area contributed by atoms with E-state index in [1.54, 1.807) is 17.7 Å². The quantitative estimate of drug-likeness (QED) is 0.902. The molecule has 1 saturated carbocycles. The van der Waals surface area contributed by atoms with Crippen molar-refractivity contribution in [1.82, 2.24) is 20.1 Å². The van der Waals surface area contributed by atoms with Gasteiger partial charge in [0.05, 0.1) is 22.9 Å². The molecule has 0 radical (unpaired) electrons. The highest BCUT2D eigenvalue weighted by molar-refractivity contribution is 6.32. The largest absolute Gasteiger partial charge is 0.391 e. The summed E-state index contributed by atoms with van der Waals surface area (Å²) in [6, 6.07) is 7.02. The number of hydrogen-bond acceptors (Lipinski definition) is 4. The van der Waals surface area contributed by atoms with Crippen molar-refractivity contribution in [2.75, 3.05) is 0 Å². The molecule has 7 heteroatoms. The van der Waals surface area contributed by atoms with E-state index in [-0.39, 0.29) is 17.8 Å². The van der Waals surface area contributed by atoms with Crippen LogP contribution < -0.4 is 5.32 Å². The van der Waals surface area contributed by atoms with Crippen molar-refractivity contribution in [3.63, 3.8) is 0 Å². The molecular weight excluding hydrogens is 316 g/mol. The number of aliphatic hydroxyl groups excluding tert-OH is 1. The number of hydrogen-bond donors (Lipinski definition) is 2. The Kier molecular flexibility index (Phi) is 4.63. The number of nitrogens with zero attached hydrogens (tertiary/aromatic N) is 3. The highest BCUT2D eigenvalue weighted by Gasteiger charge is 2.26. The van der Waals surface area contributed by atoms with Crippen molar-refractivity contribution in [3.05, 3.63) is 40.9 Å². The zero-order valence-corrected chi connectivity index (χ0v) is 13.6. The number of para-hydroxylation sites is 1. The lowest BCUT2D eigenvalue weighted by atomic mass is 9.92. The summed E-state index contributed by atoms with van der Waals surface area (Å²) in [6.07, 6.45) is 2.98. The van der Waals surface area contributed by atoms with Crippen LogP contribution in [0.4, 0.5) is 0 Å². The monoisotopic (exact) mass is 334 g/mol. The normalized spacial score (nSPS) is 21.2. The van der Waals surface area contributed by atoms with Gasteiger partial charge in [0.25, 0.3) is 5.91 Å². The van der Waals surface area contributed by atoms with Crippen molar-refractivity contribution in [2.45, 2.75) is 44.8 Å². The maximum absolute atomic E-state index is 12.3. The van der Waals surface area contributed by atoms with Gasteiger partial charge >= 0.3 is 0 Å². The molecule has 2 aromatic rings. The fourth-order valence-corrected chi connectivity index (χ4v) is 3.07. The molecule has 0 saturated heterocycles. The molecule has 1 aliphatic rings. The van der Waals surface area contributed by atoms with Crippen molar-refractivity contribution < 1.29 is 9.90 Å². The summed E-state index contributed by atoms with van der Waals surface area (Å²) in [6.45, 7) is 1.77. The first-order valence-electron chi connectivity index (χ1n) is 7.74. The average Bonchev–Trinajstić information content (AvgIpc) is 2.92. The predicted molar refractivity (Wildman–Crippen MR) is 86.8 cm³/mol. The van der Waals surface area contributed by atoms with Crippen molar-refractivity contribution in [1.29, 1.82) is 0 Å². The Morgan fingerprint density at radius 2 is 2.09 bits per heavy atom. The lowest BCUT2D eigenvalue weighted by Gasteiger charge is -2.27. The minimum absolute atomic E-state index is 0.0835. The first-order chi connectivity index (χ1) is 11.1. The fraction of sp³-hybridized carbons (Fsp3) is 0.438. The van der Waals surface area contributed by atoms with Crippen LogP contribution in [0.3, 0.4) is 0 Å². The number of carbonyl (C=O) groups excluding carboxylic acids is 1. The molecule has 2 unspecified atom stereocenters. The van der Waals surface area contributed by atoms with Gasteiger partial charge in [-0.2, -0.15) is 0 Å². The summed E-state index contributed by atoms with van der Waals surface area (Å²) in [5.74, 6) is 0.289. The third-order valence-electron chi connectivity index (χ3n) is 4.10. The molecule has 2 N–H and O–H groups in total. The van der Waals surface area contributed by atoms with Crippen LogP contribution in [0.15, 0.2) is 24.3 Å². The number of rotatable bonds is 3. The zero-order valence-electron chi connectivity index (χ0n) is 12.9. The van der Waals surface area contributed by atoms with Gasteiger partial charge in [0.2, 0.25) is 5.82 Å². The number of aromatic nitrogens is 3. The Balaban J connectivity index is 1.80. The fourth-order valence-electron chi connectivity index (χ4n) is 2.85. The molecule has 0 aliphatic heterocycles. The van der Waals surface area contributed by atoms with E-state index in [1.165, 1.54) is 0 Å². The first kappa shape index (κ1) is 16.0. The molecule has 0 spiro atoms. The van der Waals surface area contributed by atoms with Crippen LogP contribution in [0.25, 0.3) is 5.69 Å². The van der Waals surface area contributed by atoms with E-state index < -0.39 is 6.10 Å². The Hall–Kier alpha value is -1.92. The molecule has 0 bridgehead atoms. The number of halogens is 1. The summed E-state index contributed by atoms with van der Waals surface area (Å²) in [4.78, 5) is 16.6. The smallest absolute Gasteiger partial charge is 0.291 e. The van der Waals surface area contributed by atoms with Crippen LogP contribution in [0.5, 0.6) is 0 Å². The Bertz CT molecular complexity index is 716. The summed E-state index contributed by atoms with van der Waals surface area (Å²) in [7, 11) is 0. The van der Waals surface area contributed by atoms with Gasteiger partial charge in [-0.1, -0.05) is 36.6 Å². The zero-order chi connectivity index (χ0) is 16.4. The summed E-state index contributed by atoms with van der Waals surface area (Å²) < 4.78 is 1.55. The minimum atomic E-state index is -0.501. The number of aryl methyl sites for hydroxylation is 1. The molecule has 122 valence electrons. The van der Waals surface area contributed by atoms with Crippen LogP contribution in [0.2, 0.25) is 5.02 Å². The predicted octanol–water partition coefficient (Wildman–Crippen LogP) is 2.26. The lowest BCUT2D eigenvalue weighted by molar-refractivity contribution is 0.0710. The van der Waals surface area contributed by atoms with Crippen LogP contribution >= 0.6 is 11.6 Å². The van der Waals surface area contributed by atoms with E-state index in [4.69, 9.17) is 11.6 Å². The second kappa shape index (κ2) is 6.68. The minimum Gasteiger partial charge on any atom is -0.391 e. The maximum atomic E-state index is 12.3. The third kappa shape index (κ3) is 3.38. The van der Waals surface area contributed by atoms with Crippen LogP contribution in [0.1, 0.15) is 42.1 Å². The van der Waals surface area contributed by atoms with E-state index in [0.717, 1.165) is 19.3 Å². The molecule has 1 fully saturated rings. The molecular formula is C16H19ClN4O2. The van der Waals surface area contributed by atoms with Gasteiger partial charge in [0.1, 0.15) is 5.82 Å². The van der Waals surface area contributed by atoms with Gasteiger partial charge in [0, 0.05) is 0 Å². The van der Waals surface area contributed by atoms with Crippen LogP contribution in [0, 0.1) is 6.92 Å². The van der Waals surface area contributed by atoms with Crippen molar-refractivity contribution in [3.8, 4) is 5.69 Å². The summed E-state index contributed by atoms with van der Waals surface area (Å²) >= 11 is 6.17. The first-order valence-corrected chi connectivity index (χ1v) is 8.11. The summed E-state index contributed by atoms with van der Waals surface area (Å²) in [5.41, 5.74) is 0.677. The number of benzene rings is 1. The number of carbonyl (C=O) groups is 1. The number of nitrogens with one attached hydrogen (secondary N) is 1. The molecule has 1 heterocycles. The van der Waals surface area contributed by atoms with Gasteiger partial charge in [-0.15, -0.1) is 5.10 Å². The second-order valence-corrected chi connectivity index (χ2v) is 6.18. The lowest BCUT2D eigenvalue weighted by Crippen LogP contribution is -2.45. The van der Waals surface area contributed by atoms with Gasteiger partial charge < -0.3 is 10.4 Å². The second-order valence-electron chi connectivity index (χ2n) is 5.78. The summed E-state index contributed by atoms with van der Waals surface area (Å²) in [5, 5.41) is 17.6. The van der Waals surface area contributed by atoms with E-state index in [9.17, 15) is 9.90 Å². The van der Waals surface area contributed by atoms with Gasteiger partial charge in [-0.05, 0) is 31.9 Å². The topological polar surface area (TPSA) is 80.0 Å². The standard InChI is InChI=1S/C16H19ClN4O2/c1-10-18-15(16(23)19-12-7-3-5-9-14(12)22)20-21(10)13-8-4-2-6-11(13)17/h2,4,6,8,12,14,22H,3,5,7,9H2,1H3,(H,19,23). The molecule has 1 aliphatic carbocycles. The van der Waals surface area contributed by atoms with Crippen LogP contribution in [-0.4, -0.2) is 37.9 Å². The van der Waals surface area contributed by atoms with Gasteiger partial charge in [-0.25, -0.2) is 9.67 Å². The highest BCUT2D eigenvalue weighted by atomic mass is 35.5. The van der Waals surface area contributed by atoms with Crippen LogP contribution in [-0.2, 0) is 0 Å². The Morgan fingerprint density at radius 1 is 1.35 bits per heavy atom. The maximum Gasteiger partial charge on any atom is 0.291 e. The molecule has 3 rings (SSSR count). The highest BCUT2D eigenvalue weighted by Crippen LogP contribution is 2.21. The number of amides is 1. The van der Waals surface area contributed by atoms with E-state index >= 15 is 0 Å². The van der Waals surface area contributed by atoms with Gasteiger partial charge in [-0.3, -0.25) is 4.79 Å². The number of aliphatic hydroxyl groups is 1. The van der Waals surface area contributed by atoms with Crippen molar-refractivity contribution >= 4 is 17.5 Å². The molecule has 1 amide bonds. The average molecular weight is 335 g/mol. The van der Waals surface area contributed by atoms with E-state index in [0.29, 0.717) is 23.0 Å². The Morgan fingerprint density at radius 3 is 2.83 bits per heavy atom. The molecule has 2 atom stereocenters. The Labute approximate surface area is 139 Å². The van der Waals surface area contributed by atoms with Gasteiger partial charge in [0.15, 0.2) is 0 Å². The molecule has 1 aromatic heterocycles.